The van der Waals surface area contributed by atoms with Crippen molar-refractivity contribution in [3.05, 3.63) is 11.6 Å². The third kappa shape index (κ3) is 7.08. The molecular formula is C27H44O9. The number of carbonyl (C=O) groups is 4. The number of esters is 2. The summed E-state index contributed by atoms with van der Waals surface area (Å²) in [6.07, 6.45) is 7.09. The number of hydrogen-bond acceptors (Lipinski definition) is 7. The van der Waals surface area contributed by atoms with Gasteiger partial charge in [0.1, 0.15) is 12.7 Å². The zero-order valence-corrected chi connectivity index (χ0v) is 22.8. The van der Waals surface area contributed by atoms with Crippen LogP contribution in [0.5, 0.6) is 0 Å². The summed E-state index contributed by atoms with van der Waals surface area (Å²) < 4.78 is 10.5. The fourth-order valence-electron chi connectivity index (χ4n) is 5.29. The van der Waals surface area contributed by atoms with Gasteiger partial charge in [-0.05, 0) is 55.9 Å². The van der Waals surface area contributed by atoms with Crippen LogP contribution in [-0.2, 0) is 28.7 Å². The number of allylic oxidation sites excluding steroid dienone is 1. The Bertz CT molecular complexity index is 846. The molecule has 0 radical (unpaired) electrons. The molecule has 0 heterocycles. The Balaban J connectivity index is 0.000000393. The van der Waals surface area contributed by atoms with E-state index < -0.39 is 35.8 Å². The summed E-state index contributed by atoms with van der Waals surface area (Å²) in [4.78, 5) is 44.7. The van der Waals surface area contributed by atoms with E-state index in [4.69, 9.17) is 19.7 Å². The van der Waals surface area contributed by atoms with Crippen molar-refractivity contribution in [2.24, 2.45) is 22.7 Å². The van der Waals surface area contributed by atoms with Crippen LogP contribution >= 0.6 is 0 Å². The molecule has 9 heteroatoms. The molecule has 0 amide bonds. The smallest absolute Gasteiger partial charge is 0.337 e. The summed E-state index contributed by atoms with van der Waals surface area (Å²) in [6, 6.07) is 0. The van der Waals surface area contributed by atoms with Crippen LogP contribution in [0.1, 0.15) is 93.4 Å². The lowest BCUT2D eigenvalue weighted by Gasteiger charge is -2.38. The van der Waals surface area contributed by atoms with E-state index in [0.717, 1.165) is 37.7 Å². The van der Waals surface area contributed by atoms with Crippen LogP contribution in [0, 0.1) is 22.7 Å². The van der Waals surface area contributed by atoms with Crippen LogP contribution in [0.15, 0.2) is 11.6 Å². The maximum atomic E-state index is 11.9. The van der Waals surface area contributed by atoms with Crippen LogP contribution in [0.4, 0.5) is 0 Å². The molecule has 2 saturated carbocycles. The summed E-state index contributed by atoms with van der Waals surface area (Å²) in [5, 5.41) is 27.7. The van der Waals surface area contributed by atoms with Crippen LogP contribution in [0.25, 0.3) is 0 Å². The fraction of sp³-hybridized carbons (Fsp3) is 0.778. The molecule has 2 aliphatic carbocycles. The highest BCUT2D eigenvalue weighted by atomic mass is 16.5. The minimum absolute atomic E-state index is 0.00242. The van der Waals surface area contributed by atoms with Crippen LogP contribution in [-0.4, -0.2) is 57.5 Å². The predicted molar refractivity (Wildman–Crippen MR) is 133 cm³/mol. The van der Waals surface area contributed by atoms with Gasteiger partial charge in [-0.2, -0.15) is 0 Å². The van der Waals surface area contributed by atoms with E-state index >= 15 is 0 Å². The van der Waals surface area contributed by atoms with Gasteiger partial charge in [0.2, 0.25) is 0 Å². The third-order valence-electron chi connectivity index (χ3n) is 8.46. The van der Waals surface area contributed by atoms with Gasteiger partial charge in [-0.15, -0.1) is 0 Å². The predicted octanol–water partition coefficient (Wildman–Crippen LogP) is 4.36. The number of fused-ring (bicyclic) bond motifs is 2. The molecule has 0 aromatic rings. The molecule has 9 nitrogen and oxygen atoms in total. The largest absolute Gasteiger partial charge is 0.481 e. The first kappa shape index (κ1) is 31.6. The minimum atomic E-state index is -2.69. The fourth-order valence-corrected chi connectivity index (χ4v) is 5.29. The Hall–Kier alpha value is -2.42. The standard InChI is InChI=1S/C15H24O7.C12H20O2/c1-4-6-7-11(5-2)9-22-13(18)10(3)15(21,14(19)20)8-12(16)17;1-8(13)14-10-7-9-5-6-12(10,4)11(9,2)3/h7,10,21H,4-6,8-9H2,1-3H3,(H,16,17)(H,19,20);9-10H,5-7H2,1-4H3. The number of carboxylic acid groups (broad SMARTS) is 2. The number of aliphatic carboxylic acids is 2. The summed E-state index contributed by atoms with van der Waals surface area (Å²) in [5.41, 5.74) is -1.25. The number of rotatable bonds is 11. The Labute approximate surface area is 214 Å². The van der Waals surface area contributed by atoms with E-state index in [2.05, 4.69) is 20.8 Å². The summed E-state index contributed by atoms with van der Waals surface area (Å²) in [5.74, 6) is -5.10. The van der Waals surface area contributed by atoms with Gasteiger partial charge < -0.3 is 24.8 Å². The Morgan fingerprint density at radius 1 is 1.14 bits per heavy atom. The second kappa shape index (κ2) is 12.7. The van der Waals surface area contributed by atoms with E-state index in [1.54, 1.807) is 0 Å². The molecule has 0 aromatic carbocycles. The van der Waals surface area contributed by atoms with Gasteiger partial charge in [0.15, 0.2) is 5.60 Å². The number of unbranched alkanes of at least 4 members (excludes halogenated alkanes) is 1. The molecule has 206 valence electrons. The van der Waals surface area contributed by atoms with Crippen molar-refractivity contribution in [3.8, 4) is 0 Å². The summed E-state index contributed by atoms with van der Waals surface area (Å²) in [6.45, 7) is 13.5. The molecule has 2 fully saturated rings. The minimum Gasteiger partial charge on any atom is -0.481 e. The molecule has 2 bridgehead atoms. The van der Waals surface area contributed by atoms with Crippen molar-refractivity contribution in [2.75, 3.05) is 6.61 Å². The second-order valence-electron chi connectivity index (χ2n) is 10.8. The lowest BCUT2D eigenvalue weighted by Crippen LogP contribution is -2.50. The molecule has 0 spiro atoms. The maximum Gasteiger partial charge on any atom is 0.337 e. The molecule has 0 aromatic heterocycles. The van der Waals surface area contributed by atoms with E-state index in [-0.39, 0.29) is 24.1 Å². The molecule has 3 N–H and O–H groups in total. The normalized spacial score (nSPS) is 26.7. The van der Waals surface area contributed by atoms with E-state index in [9.17, 15) is 24.3 Å². The topological polar surface area (TPSA) is 147 Å². The molecule has 5 atom stereocenters. The van der Waals surface area contributed by atoms with Crippen molar-refractivity contribution in [1.29, 1.82) is 0 Å². The van der Waals surface area contributed by atoms with Gasteiger partial charge in [-0.1, -0.05) is 47.1 Å². The SMILES string of the molecule is CC(=O)OC1CC2CCC1(C)C2(C)C.CCCC=C(CC)COC(=O)C(C)C(O)(CC(=O)O)C(=O)O. The highest BCUT2D eigenvalue weighted by molar-refractivity contribution is 5.90. The first-order valence-corrected chi connectivity index (χ1v) is 12.8. The monoisotopic (exact) mass is 512 g/mol. The van der Waals surface area contributed by atoms with Crippen molar-refractivity contribution >= 4 is 23.9 Å². The number of carboxylic acids is 2. The molecule has 5 unspecified atom stereocenters. The van der Waals surface area contributed by atoms with Crippen molar-refractivity contribution < 1.29 is 44.0 Å². The Morgan fingerprint density at radius 3 is 2.14 bits per heavy atom. The summed E-state index contributed by atoms with van der Waals surface area (Å²) in [7, 11) is 0. The number of hydrogen-bond donors (Lipinski definition) is 3. The zero-order chi connectivity index (χ0) is 27.9. The van der Waals surface area contributed by atoms with Crippen molar-refractivity contribution in [2.45, 2.75) is 105 Å². The van der Waals surface area contributed by atoms with E-state index in [1.807, 2.05) is 19.9 Å². The van der Waals surface area contributed by atoms with Crippen molar-refractivity contribution in [3.63, 3.8) is 0 Å². The Morgan fingerprint density at radius 2 is 1.75 bits per heavy atom. The molecule has 0 saturated heterocycles. The molecule has 2 aliphatic rings. The zero-order valence-electron chi connectivity index (χ0n) is 22.8. The van der Waals surface area contributed by atoms with Gasteiger partial charge in [-0.3, -0.25) is 14.4 Å². The van der Waals surface area contributed by atoms with Crippen LogP contribution in [0.3, 0.4) is 0 Å². The molecular weight excluding hydrogens is 468 g/mol. The third-order valence-corrected chi connectivity index (χ3v) is 8.46. The van der Waals surface area contributed by atoms with Gasteiger partial charge in [0.25, 0.3) is 0 Å². The number of ether oxygens (including phenoxy) is 2. The van der Waals surface area contributed by atoms with Crippen molar-refractivity contribution in [1.82, 2.24) is 0 Å². The number of carbonyl (C=O) groups excluding carboxylic acids is 2. The average Bonchev–Trinajstić information content (AvgIpc) is 3.11. The van der Waals surface area contributed by atoms with Gasteiger partial charge in [0, 0.05) is 12.3 Å². The quantitative estimate of drug-likeness (QED) is 0.271. The van der Waals surface area contributed by atoms with Gasteiger partial charge in [0.05, 0.1) is 12.3 Å². The first-order valence-electron chi connectivity index (χ1n) is 12.8. The van der Waals surface area contributed by atoms with Gasteiger partial charge >= 0.3 is 23.9 Å². The Kier molecular flexibility index (Phi) is 11.2. The van der Waals surface area contributed by atoms with Crippen LogP contribution in [0.2, 0.25) is 0 Å². The summed E-state index contributed by atoms with van der Waals surface area (Å²) >= 11 is 0. The molecule has 36 heavy (non-hydrogen) atoms. The number of aliphatic hydroxyl groups is 1. The molecule has 2 rings (SSSR count). The average molecular weight is 513 g/mol. The maximum absolute atomic E-state index is 11.9. The van der Waals surface area contributed by atoms with Gasteiger partial charge in [-0.25, -0.2) is 4.79 Å². The second-order valence-corrected chi connectivity index (χ2v) is 10.8. The lowest BCUT2D eigenvalue weighted by atomic mass is 9.70. The first-order chi connectivity index (χ1) is 16.6. The van der Waals surface area contributed by atoms with E-state index in [1.165, 1.54) is 19.8 Å². The van der Waals surface area contributed by atoms with Crippen LogP contribution < -0.4 is 0 Å². The van der Waals surface area contributed by atoms with E-state index in [0.29, 0.717) is 11.8 Å². The highest BCUT2D eigenvalue weighted by Gasteiger charge is 2.62. The highest BCUT2D eigenvalue weighted by Crippen LogP contribution is 2.66. The molecule has 0 aliphatic heterocycles. The lowest BCUT2D eigenvalue weighted by molar-refractivity contribution is -0.179.